The third-order valence-electron chi connectivity index (χ3n) is 7.06. The van der Waals surface area contributed by atoms with Crippen LogP contribution < -0.4 is 0 Å². The molecule has 0 aliphatic carbocycles. The van der Waals surface area contributed by atoms with Crippen LogP contribution in [0.2, 0.25) is 0 Å². The summed E-state index contributed by atoms with van der Waals surface area (Å²) in [5.41, 5.74) is 2.62. The number of rotatable bonds is 8. The van der Waals surface area contributed by atoms with Crippen LogP contribution in [0.3, 0.4) is 0 Å². The van der Waals surface area contributed by atoms with E-state index >= 15 is 0 Å². The monoisotopic (exact) mass is 610 g/mol. The zero-order valence-corrected chi connectivity index (χ0v) is 25.2. The Morgan fingerprint density at radius 1 is 1.12 bits per heavy atom. The fourth-order valence-corrected chi connectivity index (χ4v) is 7.78. The number of nitrogens with zero attached hydrogens (tertiary/aromatic N) is 4. The van der Waals surface area contributed by atoms with Crippen LogP contribution in [0.4, 0.5) is 0 Å². The molecule has 2 saturated heterocycles. The van der Waals surface area contributed by atoms with Crippen molar-refractivity contribution in [2.24, 2.45) is 5.92 Å². The molecule has 2 aliphatic heterocycles. The Balaban J connectivity index is 1.49. The summed E-state index contributed by atoms with van der Waals surface area (Å²) in [6.45, 7) is 4.90. The minimum Gasteiger partial charge on any atom is -0.466 e. The summed E-state index contributed by atoms with van der Waals surface area (Å²) in [6.07, 6.45) is 4.42. The van der Waals surface area contributed by atoms with Crippen molar-refractivity contribution >= 4 is 56.3 Å². The van der Waals surface area contributed by atoms with Gasteiger partial charge in [0, 0.05) is 37.0 Å². The second-order valence-corrected chi connectivity index (χ2v) is 13.2. The van der Waals surface area contributed by atoms with E-state index in [0.29, 0.717) is 52.0 Å². The first-order chi connectivity index (χ1) is 19.7. The standard InChI is InChI=1S/C29H30N4O5S3/c1-3-32-27(34)25(40-29(32)39)18-22-19-33(23-10-6-5-7-11-23)30-26(22)21-9-8-12-24(17-21)41(36,37)31-15-13-20(14-16-31)28(35)38-4-2/h5-12,17-20H,3-4,13-16H2,1-2H3/b25-18-. The highest BCUT2D eigenvalue weighted by Crippen LogP contribution is 2.35. The molecule has 0 atom stereocenters. The lowest BCUT2D eigenvalue weighted by Crippen LogP contribution is -2.40. The number of sulfonamides is 1. The number of esters is 1. The quantitative estimate of drug-likeness (QED) is 0.205. The van der Waals surface area contributed by atoms with Gasteiger partial charge >= 0.3 is 5.97 Å². The first-order valence-electron chi connectivity index (χ1n) is 13.4. The molecule has 1 aromatic heterocycles. The predicted octanol–water partition coefficient (Wildman–Crippen LogP) is 4.72. The van der Waals surface area contributed by atoms with Crippen LogP contribution >= 0.6 is 24.0 Å². The number of thioether (sulfide) groups is 1. The van der Waals surface area contributed by atoms with Crippen LogP contribution in [0.15, 0.2) is 70.6 Å². The van der Waals surface area contributed by atoms with Crippen LogP contribution in [-0.4, -0.2) is 69.8 Å². The van der Waals surface area contributed by atoms with Crippen molar-refractivity contribution in [3.8, 4) is 16.9 Å². The van der Waals surface area contributed by atoms with Crippen molar-refractivity contribution < 1.29 is 22.7 Å². The van der Waals surface area contributed by atoms with Gasteiger partial charge in [-0.1, -0.05) is 54.3 Å². The third-order valence-corrected chi connectivity index (χ3v) is 10.3. The average molecular weight is 611 g/mol. The molecular formula is C29H30N4O5S3. The van der Waals surface area contributed by atoms with Crippen molar-refractivity contribution in [2.75, 3.05) is 26.2 Å². The molecule has 0 saturated carbocycles. The number of carbonyl (C=O) groups is 2. The lowest BCUT2D eigenvalue weighted by molar-refractivity contribution is -0.149. The third kappa shape index (κ3) is 6.01. The van der Waals surface area contributed by atoms with Gasteiger partial charge in [-0.25, -0.2) is 13.1 Å². The fourth-order valence-electron chi connectivity index (χ4n) is 4.89. The van der Waals surface area contributed by atoms with Crippen molar-refractivity contribution in [2.45, 2.75) is 31.6 Å². The van der Waals surface area contributed by atoms with E-state index in [-0.39, 0.29) is 35.8 Å². The zero-order valence-electron chi connectivity index (χ0n) is 22.7. The molecule has 2 fully saturated rings. The molecule has 0 spiro atoms. The van der Waals surface area contributed by atoms with Gasteiger partial charge in [0.25, 0.3) is 5.91 Å². The molecule has 41 heavy (non-hydrogen) atoms. The number of carbonyl (C=O) groups excluding carboxylic acids is 2. The summed E-state index contributed by atoms with van der Waals surface area (Å²) in [6, 6.07) is 16.2. The topological polar surface area (TPSA) is 102 Å². The second kappa shape index (κ2) is 12.3. The van der Waals surface area contributed by atoms with Gasteiger partial charge in [-0.05, 0) is 57.0 Å². The second-order valence-electron chi connectivity index (χ2n) is 9.60. The molecule has 3 heterocycles. The van der Waals surface area contributed by atoms with E-state index in [2.05, 4.69) is 0 Å². The smallest absolute Gasteiger partial charge is 0.309 e. The number of thiocarbonyl (C=S) groups is 1. The number of piperidine rings is 1. The SMILES string of the molecule is CCOC(=O)C1CCN(S(=O)(=O)c2cccc(-c3nn(-c4ccccc4)cc3/C=C3\SC(=S)N(CC)C3=O)c2)CC1. The number of aromatic nitrogens is 2. The van der Waals surface area contributed by atoms with Gasteiger partial charge in [-0.3, -0.25) is 14.5 Å². The molecular weight excluding hydrogens is 581 g/mol. The minimum atomic E-state index is -3.81. The van der Waals surface area contributed by atoms with Crippen LogP contribution in [0, 0.1) is 5.92 Å². The van der Waals surface area contributed by atoms with Gasteiger partial charge in [0.05, 0.1) is 28.0 Å². The van der Waals surface area contributed by atoms with Gasteiger partial charge in [0.2, 0.25) is 10.0 Å². The van der Waals surface area contributed by atoms with Crippen molar-refractivity contribution in [1.29, 1.82) is 0 Å². The van der Waals surface area contributed by atoms with Gasteiger partial charge in [-0.2, -0.15) is 9.40 Å². The summed E-state index contributed by atoms with van der Waals surface area (Å²) >= 11 is 6.62. The van der Waals surface area contributed by atoms with Crippen LogP contribution in [0.25, 0.3) is 23.0 Å². The van der Waals surface area contributed by atoms with E-state index in [1.165, 1.54) is 16.1 Å². The molecule has 0 radical (unpaired) electrons. The summed E-state index contributed by atoms with van der Waals surface area (Å²) in [4.78, 5) is 27.2. The summed E-state index contributed by atoms with van der Waals surface area (Å²) < 4.78 is 36.0. The molecule has 2 aliphatic rings. The Kier molecular flexibility index (Phi) is 8.74. The van der Waals surface area contributed by atoms with E-state index in [4.69, 9.17) is 22.1 Å². The maximum absolute atomic E-state index is 13.6. The van der Waals surface area contributed by atoms with E-state index in [1.54, 1.807) is 46.8 Å². The molecule has 9 nitrogen and oxygen atoms in total. The van der Waals surface area contributed by atoms with E-state index in [9.17, 15) is 18.0 Å². The Hall–Kier alpha value is -3.32. The first kappa shape index (κ1) is 29.2. The fraction of sp³-hybridized carbons (Fsp3) is 0.310. The number of para-hydroxylation sites is 1. The number of benzene rings is 2. The average Bonchev–Trinajstić information content (AvgIpc) is 3.53. The lowest BCUT2D eigenvalue weighted by atomic mass is 9.98. The maximum atomic E-state index is 13.6. The van der Waals surface area contributed by atoms with E-state index in [0.717, 1.165) is 5.69 Å². The number of amides is 1. The maximum Gasteiger partial charge on any atom is 0.309 e. The number of likely N-dealkylation sites (N-methyl/N-ethyl adjacent to an activating group) is 1. The molecule has 0 unspecified atom stereocenters. The number of ether oxygens (including phenoxy) is 1. The molecule has 12 heteroatoms. The van der Waals surface area contributed by atoms with Crippen molar-refractivity contribution in [1.82, 2.24) is 19.0 Å². The summed E-state index contributed by atoms with van der Waals surface area (Å²) in [5, 5.41) is 4.80. The Morgan fingerprint density at radius 2 is 1.85 bits per heavy atom. The Bertz CT molecular complexity index is 1610. The Labute approximate surface area is 249 Å². The molecule has 0 bridgehead atoms. The highest BCUT2D eigenvalue weighted by molar-refractivity contribution is 8.26. The van der Waals surface area contributed by atoms with Gasteiger partial charge in [-0.15, -0.1) is 0 Å². The molecule has 2 aromatic carbocycles. The van der Waals surface area contributed by atoms with Crippen LogP contribution in [0.1, 0.15) is 32.3 Å². The number of hydrogen-bond donors (Lipinski definition) is 0. The first-order valence-corrected chi connectivity index (χ1v) is 16.1. The van der Waals surface area contributed by atoms with Crippen LogP contribution in [0.5, 0.6) is 0 Å². The molecule has 1 amide bonds. The number of hydrogen-bond acceptors (Lipinski definition) is 8. The summed E-state index contributed by atoms with van der Waals surface area (Å²) in [7, 11) is -3.81. The highest BCUT2D eigenvalue weighted by Gasteiger charge is 2.34. The molecule has 5 rings (SSSR count). The summed E-state index contributed by atoms with van der Waals surface area (Å²) in [5.74, 6) is -0.731. The molecule has 214 valence electrons. The van der Waals surface area contributed by atoms with Gasteiger partial charge in [0.1, 0.15) is 10.0 Å². The van der Waals surface area contributed by atoms with Crippen molar-refractivity contribution in [3.63, 3.8) is 0 Å². The Morgan fingerprint density at radius 3 is 2.51 bits per heavy atom. The lowest BCUT2D eigenvalue weighted by Gasteiger charge is -2.30. The molecule has 3 aromatic rings. The normalized spacial score (nSPS) is 17.9. The van der Waals surface area contributed by atoms with Gasteiger partial charge < -0.3 is 4.74 Å². The highest BCUT2D eigenvalue weighted by atomic mass is 32.2. The zero-order chi connectivity index (χ0) is 29.1. The van der Waals surface area contributed by atoms with Crippen LogP contribution in [-0.2, 0) is 24.3 Å². The van der Waals surface area contributed by atoms with E-state index in [1.807, 2.05) is 43.5 Å². The predicted molar refractivity (Wildman–Crippen MR) is 163 cm³/mol. The largest absolute Gasteiger partial charge is 0.466 e. The molecule has 0 N–H and O–H groups in total. The van der Waals surface area contributed by atoms with Gasteiger partial charge in [0.15, 0.2) is 0 Å². The minimum absolute atomic E-state index is 0.141. The van der Waals surface area contributed by atoms with Crippen molar-refractivity contribution in [3.05, 3.63) is 71.3 Å². The van der Waals surface area contributed by atoms with E-state index < -0.39 is 10.0 Å².